The van der Waals surface area contributed by atoms with Crippen molar-refractivity contribution < 1.29 is 0 Å². The molecule has 96 valence electrons. The molecule has 1 aromatic carbocycles. The van der Waals surface area contributed by atoms with Gasteiger partial charge in [0.15, 0.2) is 0 Å². The molecule has 2 rings (SSSR count). The summed E-state index contributed by atoms with van der Waals surface area (Å²) in [7, 11) is 0. The van der Waals surface area contributed by atoms with Crippen molar-refractivity contribution in [3.63, 3.8) is 0 Å². The summed E-state index contributed by atoms with van der Waals surface area (Å²) in [5, 5.41) is 10.7. The van der Waals surface area contributed by atoms with Crippen LogP contribution < -0.4 is 0 Å². The van der Waals surface area contributed by atoms with Crippen molar-refractivity contribution >= 4 is 35.0 Å². The Morgan fingerprint density at radius 2 is 2.06 bits per heavy atom. The average Bonchev–Trinajstić information content (AvgIpc) is 2.34. The zero-order chi connectivity index (χ0) is 13.1. The molecule has 1 aromatic rings. The van der Waals surface area contributed by atoms with E-state index in [1.807, 2.05) is 18.2 Å². The van der Waals surface area contributed by atoms with E-state index in [4.69, 9.17) is 23.2 Å². The summed E-state index contributed by atoms with van der Waals surface area (Å²) in [6.07, 6.45) is 3.27. The Labute approximate surface area is 122 Å². The van der Waals surface area contributed by atoms with Crippen LogP contribution >= 0.6 is 35.0 Å². The van der Waals surface area contributed by atoms with Crippen LogP contribution in [0.1, 0.15) is 26.2 Å². The molecular formula is C14H15Cl2NS. The highest BCUT2D eigenvalue weighted by Crippen LogP contribution is 2.40. The Morgan fingerprint density at radius 3 is 2.72 bits per heavy atom. The molecule has 18 heavy (non-hydrogen) atoms. The van der Waals surface area contributed by atoms with Gasteiger partial charge in [-0.3, -0.25) is 0 Å². The van der Waals surface area contributed by atoms with Gasteiger partial charge in [-0.25, -0.2) is 0 Å². The lowest BCUT2D eigenvalue weighted by atomic mass is 9.83. The Bertz CT molecular complexity index is 469. The second-order valence-electron chi connectivity index (χ2n) is 4.89. The first-order chi connectivity index (χ1) is 8.60. The maximum atomic E-state index is 9.21. The molecule has 0 aromatic heterocycles. The molecule has 0 spiro atoms. The van der Waals surface area contributed by atoms with E-state index in [2.05, 4.69) is 13.0 Å². The number of hydrogen-bond donors (Lipinski definition) is 0. The Hall–Kier alpha value is -0.360. The number of rotatable bonds is 2. The molecule has 1 fully saturated rings. The van der Waals surface area contributed by atoms with Crippen LogP contribution in [-0.2, 0) is 0 Å². The third kappa shape index (κ3) is 3.35. The van der Waals surface area contributed by atoms with Crippen LogP contribution in [0.25, 0.3) is 0 Å². The SMILES string of the molecule is CC1CCC(C#N)C(Sc2ccc(Cl)c(Cl)c2)C1. The van der Waals surface area contributed by atoms with Crippen molar-refractivity contribution in [3.05, 3.63) is 28.2 Å². The fourth-order valence-corrected chi connectivity index (χ4v) is 4.16. The summed E-state index contributed by atoms with van der Waals surface area (Å²) in [6, 6.07) is 8.13. The van der Waals surface area contributed by atoms with Crippen molar-refractivity contribution in [1.29, 1.82) is 5.26 Å². The van der Waals surface area contributed by atoms with Crippen LogP contribution in [0.5, 0.6) is 0 Å². The van der Waals surface area contributed by atoms with Gasteiger partial charge in [0, 0.05) is 10.1 Å². The normalized spacial score (nSPS) is 27.8. The second kappa shape index (κ2) is 6.19. The molecule has 3 atom stereocenters. The lowest BCUT2D eigenvalue weighted by Gasteiger charge is -2.30. The van der Waals surface area contributed by atoms with Crippen molar-refractivity contribution in [1.82, 2.24) is 0 Å². The van der Waals surface area contributed by atoms with E-state index in [9.17, 15) is 5.26 Å². The van der Waals surface area contributed by atoms with Crippen LogP contribution in [0.15, 0.2) is 23.1 Å². The van der Waals surface area contributed by atoms with Gasteiger partial charge in [-0.2, -0.15) is 5.26 Å². The van der Waals surface area contributed by atoms with E-state index in [-0.39, 0.29) is 5.92 Å². The highest BCUT2D eigenvalue weighted by molar-refractivity contribution is 8.00. The lowest BCUT2D eigenvalue weighted by molar-refractivity contribution is 0.346. The zero-order valence-electron chi connectivity index (χ0n) is 10.2. The highest BCUT2D eigenvalue weighted by Gasteiger charge is 2.29. The van der Waals surface area contributed by atoms with Gasteiger partial charge in [-0.15, -0.1) is 11.8 Å². The first-order valence-electron chi connectivity index (χ1n) is 6.11. The van der Waals surface area contributed by atoms with Crippen LogP contribution in [0.2, 0.25) is 10.0 Å². The van der Waals surface area contributed by atoms with Gasteiger partial charge in [0.05, 0.1) is 22.0 Å². The summed E-state index contributed by atoms with van der Waals surface area (Å²) < 4.78 is 0. The number of halogens is 2. The van der Waals surface area contributed by atoms with Gasteiger partial charge in [-0.05, 0) is 43.4 Å². The number of thioether (sulfide) groups is 1. The molecule has 0 radical (unpaired) electrons. The van der Waals surface area contributed by atoms with Gasteiger partial charge < -0.3 is 0 Å². The number of nitriles is 1. The molecule has 0 saturated heterocycles. The minimum Gasteiger partial charge on any atom is -0.198 e. The zero-order valence-corrected chi connectivity index (χ0v) is 12.5. The minimum atomic E-state index is 0.153. The van der Waals surface area contributed by atoms with Gasteiger partial charge in [0.1, 0.15) is 0 Å². The quantitative estimate of drug-likeness (QED) is 0.728. The van der Waals surface area contributed by atoms with Gasteiger partial charge in [0.25, 0.3) is 0 Å². The van der Waals surface area contributed by atoms with E-state index in [0.29, 0.717) is 21.2 Å². The highest BCUT2D eigenvalue weighted by atomic mass is 35.5. The maximum Gasteiger partial charge on any atom is 0.0667 e. The molecule has 3 unspecified atom stereocenters. The van der Waals surface area contributed by atoms with Crippen molar-refractivity contribution in [2.75, 3.05) is 0 Å². The largest absolute Gasteiger partial charge is 0.198 e. The van der Waals surface area contributed by atoms with Crippen molar-refractivity contribution in [2.45, 2.75) is 36.3 Å². The fraction of sp³-hybridized carbons (Fsp3) is 0.500. The molecule has 0 heterocycles. The maximum absolute atomic E-state index is 9.21. The van der Waals surface area contributed by atoms with Crippen LogP contribution in [-0.4, -0.2) is 5.25 Å². The third-order valence-corrected chi connectivity index (χ3v) is 5.49. The van der Waals surface area contributed by atoms with Crippen molar-refractivity contribution in [2.24, 2.45) is 11.8 Å². The Morgan fingerprint density at radius 1 is 1.28 bits per heavy atom. The molecule has 0 N–H and O–H groups in total. The molecule has 1 aliphatic rings. The van der Waals surface area contributed by atoms with Crippen LogP contribution in [0.3, 0.4) is 0 Å². The van der Waals surface area contributed by atoms with Crippen LogP contribution in [0, 0.1) is 23.2 Å². The van der Waals surface area contributed by atoms with E-state index >= 15 is 0 Å². The molecule has 0 aliphatic heterocycles. The average molecular weight is 300 g/mol. The Kier molecular flexibility index (Phi) is 4.84. The molecule has 0 bridgehead atoms. The summed E-state index contributed by atoms with van der Waals surface area (Å²) >= 11 is 13.7. The minimum absolute atomic E-state index is 0.153. The predicted octanol–water partition coefficient (Wildman–Crippen LogP) is 5.41. The van der Waals surface area contributed by atoms with Gasteiger partial charge in [-0.1, -0.05) is 30.1 Å². The number of benzene rings is 1. The molecule has 4 heteroatoms. The molecule has 1 nitrogen and oxygen atoms in total. The van der Waals surface area contributed by atoms with E-state index in [0.717, 1.165) is 24.2 Å². The molecule has 0 amide bonds. The molecular weight excluding hydrogens is 285 g/mol. The summed E-state index contributed by atoms with van der Waals surface area (Å²) in [5.41, 5.74) is 0. The van der Waals surface area contributed by atoms with E-state index in [1.165, 1.54) is 0 Å². The fourth-order valence-electron chi connectivity index (χ4n) is 2.33. The predicted molar refractivity (Wildman–Crippen MR) is 78.2 cm³/mol. The number of hydrogen-bond acceptors (Lipinski definition) is 2. The topological polar surface area (TPSA) is 23.8 Å². The summed E-state index contributed by atoms with van der Waals surface area (Å²) in [5.74, 6) is 0.857. The molecule has 1 aliphatic carbocycles. The van der Waals surface area contributed by atoms with Crippen molar-refractivity contribution in [3.8, 4) is 6.07 Å². The number of nitrogens with zero attached hydrogens (tertiary/aromatic N) is 1. The summed E-state index contributed by atoms with van der Waals surface area (Å²) in [4.78, 5) is 1.10. The van der Waals surface area contributed by atoms with Gasteiger partial charge in [0.2, 0.25) is 0 Å². The van der Waals surface area contributed by atoms with Gasteiger partial charge >= 0.3 is 0 Å². The monoisotopic (exact) mass is 299 g/mol. The first kappa shape index (κ1) is 14.1. The smallest absolute Gasteiger partial charge is 0.0667 e. The lowest BCUT2D eigenvalue weighted by Crippen LogP contribution is -2.24. The summed E-state index contributed by atoms with van der Waals surface area (Å²) in [6.45, 7) is 2.26. The standard InChI is InChI=1S/C14H15Cl2NS/c1-9-2-3-10(8-17)14(6-9)18-11-4-5-12(15)13(16)7-11/h4-5,7,9-10,14H,2-3,6H2,1H3. The van der Waals surface area contributed by atoms with E-state index < -0.39 is 0 Å². The third-order valence-electron chi connectivity index (χ3n) is 3.40. The van der Waals surface area contributed by atoms with E-state index in [1.54, 1.807) is 11.8 Å². The second-order valence-corrected chi connectivity index (χ2v) is 7.01. The van der Waals surface area contributed by atoms with Crippen LogP contribution in [0.4, 0.5) is 0 Å². The molecule has 1 saturated carbocycles. The first-order valence-corrected chi connectivity index (χ1v) is 7.75. The Balaban J connectivity index is 2.11.